The number of benzene rings is 1. The molecule has 1 aliphatic rings. The van der Waals surface area contributed by atoms with Gasteiger partial charge in [0, 0.05) is 24.1 Å². The summed E-state index contributed by atoms with van der Waals surface area (Å²) in [6.07, 6.45) is 2.66. The van der Waals surface area contributed by atoms with Gasteiger partial charge < -0.3 is 15.7 Å². The second-order valence-corrected chi connectivity index (χ2v) is 7.06. The Hall–Kier alpha value is -1.60. The minimum absolute atomic E-state index is 0.0283. The average molecular weight is 298 g/mol. The first kappa shape index (κ1) is 14.8. The van der Waals surface area contributed by atoms with Gasteiger partial charge in [-0.1, -0.05) is 0 Å². The third-order valence-corrected chi connectivity index (χ3v) is 4.54. The van der Waals surface area contributed by atoms with E-state index in [4.69, 9.17) is 5.73 Å². The zero-order chi connectivity index (χ0) is 14.9. The van der Waals surface area contributed by atoms with Gasteiger partial charge in [-0.3, -0.25) is 4.79 Å². The normalized spacial score (nSPS) is 19.3. The molecular weight excluding hydrogens is 280 g/mol. The predicted molar refractivity (Wildman–Crippen MR) is 75.1 cm³/mol. The van der Waals surface area contributed by atoms with E-state index in [1.807, 2.05) is 0 Å². The van der Waals surface area contributed by atoms with E-state index < -0.39 is 9.84 Å². The lowest BCUT2D eigenvalue weighted by molar-refractivity contribution is 0.0677. The monoisotopic (exact) mass is 298 g/mol. The molecular formula is C13H18N2O4S. The number of amides is 1. The Morgan fingerprint density at radius 2 is 2.15 bits per heavy atom. The van der Waals surface area contributed by atoms with Crippen LogP contribution in [0.2, 0.25) is 0 Å². The van der Waals surface area contributed by atoms with E-state index in [1.165, 1.54) is 18.2 Å². The first-order valence-corrected chi connectivity index (χ1v) is 8.24. The number of hydrogen-bond acceptors (Lipinski definition) is 5. The molecule has 0 aliphatic carbocycles. The highest BCUT2D eigenvalue weighted by molar-refractivity contribution is 7.90. The fraction of sp³-hybridized carbons (Fsp3) is 0.462. The largest absolute Gasteiger partial charge is 0.399 e. The molecule has 20 heavy (non-hydrogen) atoms. The number of rotatable bonds is 3. The minimum Gasteiger partial charge on any atom is -0.399 e. The van der Waals surface area contributed by atoms with Crippen molar-refractivity contribution in [3.8, 4) is 0 Å². The van der Waals surface area contributed by atoms with E-state index in [0.29, 0.717) is 6.54 Å². The van der Waals surface area contributed by atoms with Crippen LogP contribution in [0.1, 0.15) is 23.2 Å². The van der Waals surface area contributed by atoms with Gasteiger partial charge in [-0.15, -0.1) is 0 Å². The maximum atomic E-state index is 12.4. The molecule has 1 aromatic rings. The Labute approximate surface area is 118 Å². The molecule has 0 radical (unpaired) electrons. The van der Waals surface area contributed by atoms with Crippen molar-refractivity contribution in [1.29, 1.82) is 0 Å². The van der Waals surface area contributed by atoms with Crippen LogP contribution >= 0.6 is 0 Å². The highest BCUT2D eigenvalue weighted by Crippen LogP contribution is 2.23. The summed E-state index contributed by atoms with van der Waals surface area (Å²) >= 11 is 0. The van der Waals surface area contributed by atoms with Gasteiger partial charge in [0.2, 0.25) is 0 Å². The van der Waals surface area contributed by atoms with E-state index in [9.17, 15) is 18.3 Å². The third kappa shape index (κ3) is 2.94. The number of carbonyl (C=O) groups is 1. The number of sulfone groups is 1. The summed E-state index contributed by atoms with van der Waals surface area (Å²) in [6.45, 7) is 0.472. The Bertz CT molecular complexity index is 627. The molecule has 0 saturated carbocycles. The summed E-state index contributed by atoms with van der Waals surface area (Å²) in [5.74, 6) is -0.293. The number of hydrogen-bond donors (Lipinski definition) is 2. The molecule has 1 unspecified atom stereocenters. The van der Waals surface area contributed by atoms with Crippen LogP contribution in [0.5, 0.6) is 0 Å². The molecule has 6 nitrogen and oxygen atoms in total. The van der Waals surface area contributed by atoms with Gasteiger partial charge in [-0.05, 0) is 31.0 Å². The molecule has 1 fully saturated rings. The molecule has 1 atom stereocenters. The lowest BCUT2D eigenvalue weighted by atomic mass is 10.1. The Kier molecular flexibility index (Phi) is 4.01. The van der Waals surface area contributed by atoms with Gasteiger partial charge in [-0.2, -0.15) is 0 Å². The summed E-state index contributed by atoms with van der Waals surface area (Å²) < 4.78 is 23.2. The predicted octanol–water partition coefficient (Wildman–Crippen LogP) is 0.269. The molecule has 1 heterocycles. The summed E-state index contributed by atoms with van der Waals surface area (Å²) in [4.78, 5) is 14.0. The number of aliphatic hydroxyl groups is 1. The van der Waals surface area contributed by atoms with Gasteiger partial charge in [0.1, 0.15) is 0 Å². The van der Waals surface area contributed by atoms with E-state index in [0.717, 1.165) is 19.1 Å². The molecule has 0 aromatic heterocycles. The van der Waals surface area contributed by atoms with E-state index in [-0.39, 0.29) is 34.7 Å². The summed E-state index contributed by atoms with van der Waals surface area (Å²) in [5.41, 5.74) is 6.15. The quantitative estimate of drug-likeness (QED) is 0.780. The SMILES string of the molecule is CS(=O)(=O)c1cc(N)cc(C(=O)N2CCCC2CO)c1. The number of nitrogens with zero attached hydrogens (tertiary/aromatic N) is 1. The summed E-state index contributed by atoms with van der Waals surface area (Å²) in [5, 5.41) is 9.26. The van der Waals surface area contributed by atoms with Crippen molar-refractivity contribution in [1.82, 2.24) is 4.90 Å². The van der Waals surface area contributed by atoms with E-state index >= 15 is 0 Å². The second kappa shape index (κ2) is 5.41. The fourth-order valence-corrected chi connectivity index (χ4v) is 3.11. The second-order valence-electron chi connectivity index (χ2n) is 5.04. The molecule has 0 spiro atoms. The Morgan fingerprint density at radius 3 is 2.75 bits per heavy atom. The van der Waals surface area contributed by atoms with Crippen molar-refractivity contribution >= 4 is 21.4 Å². The molecule has 2 rings (SSSR count). The maximum Gasteiger partial charge on any atom is 0.254 e. The zero-order valence-corrected chi connectivity index (χ0v) is 12.1. The highest BCUT2D eigenvalue weighted by atomic mass is 32.2. The number of aliphatic hydroxyl groups excluding tert-OH is 1. The number of nitrogen functional groups attached to an aromatic ring is 1. The molecule has 0 bridgehead atoms. The standard InChI is InChI=1S/C13H18N2O4S/c1-20(18,19)12-6-9(5-10(14)7-12)13(17)15-4-2-3-11(15)8-16/h5-7,11,16H,2-4,8,14H2,1H3. The van der Waals surface area contributed by atoms with Crippen molar-refractivity contribution in [2.24, 2.45) is 0 Å². The van der Waals surface area contributed by atoms with Crippen molar-refractivity contribution in [2.45, 2.75) is 23.8 Å². The molecule has 1 amide bonds. The molecule has 1 aliphatic heterocycles. The average Bonchev–Trinajstić information content (AvgIpc) is 2.84. The zero-order valence-electron chi connectivity index (χ0n) is 11.2. The van der Waals surface area contributed by atoms with Crippen LogP contribution in [-0.4, -0.2) is 49.8 Å². The van der Waals surface area contributed by atoms with Gasteiger partial charge >= 0.3 is 0 Å². The topological polar surface area (TPSA) is 101 Å². The third-order valence-electron chi connectivity index (χ3n) is 3.45. The first-order chi connectivity index (χ1) is 9.32. The van der Waals surface area contributed by atoms with Crippen molar-refractivity contribution in [3.05, 3.63) is 23.8 Å². The fourth-order valence-electron chi connectivity index (χ4n) is 2.42. The smallest absolute Gasteiger partial charge is 0.254 e. The van der Waals surface area contributed by atoms with Crippen LogP contribution in [0.15, 0.2) is 23.1 Å². The van der Waals surface area contributed by atoms with Crippen LogP contribution in [0.25, 0.3) is 0 Å². The van der Waals surface area contributed by atoms with Crippen LogP contribution in [0.3, 0.4) is 0 Å². The minimum atomic E-state index is -3.42. The van der Waals surface area contributed by atoms with Crippen molar-refractivity contribution in [3.63, 3.8) is 0 Å². The van der Waals surface area contributed by atoms with E-state index in [1.54, 1.807) is 4.90 Å². The number of carbonyl (C=O) groups excluding carboxylic acids is 1. The summed E-state index contributed by atoms with van der Waals surface area (Å²) in [7, 11) is -3.42. The molecule has 7 heteroatoms. The van der Waals surface area contributed by atoms with Gasteiger partial charge in [0.25, 0.3) is 5.91 Å². The van der Waals surface area contributed by atoms with Crippen LogP contribution in [0.4, 0.5) is 5.69 Å². The van der Waals surface area contributed by atoms with Crippen LogP contribution in [0, 0.1) is 0 Å². The molecule has 110 valence electrons. The van der Waals surface area contributed by atoms with Gasteiger partial charge in [0.05, 0.1) is 17.5 Å². The first-order valence-electron chi connectivity index (χ1n) is 6.35. The lowest BCUT2D eigenvalue weighted by Crippen LogP contribution is -2.37. The van der Waals surface area contributed by atoms with Crippen molar-refractivity contribution in [2.75, 3.05) is 25.1 Å². The lowest BCUT2D eigenvalue weighted by Gasteiger charge is -2.23. The van der Waals surface area contributed by atoms with E-state index in [2.05, 4.69) is 0 Å². The number of likely N-dealkylation sites (tertiary alicyclic amines) is 1. The van der Waals surface area contributed by atoms with Crippen molar-refractivity contribution < 1.29 is 18.3 Å². The number of nitrogens with two attached hydrogens (primary N) is 1. The van der Waals surface area contributed by atoms with Gasteiger partial charge in [0.15, 0.2) is 9.84 Å². The molecule has 3 N–H and O–H groups in total. The molecule has 1 saturated heterocycles. The number of anilines is 1. The molecule has 1 aromatic carbocycles. The van der Waals surface area contributed by atoms with Gasteiger partial charge in [-0.25, -0.2) is 8.42 Å². The Morgan fingerprint density at radius 1 is 1.45 bits per heavy atom. The van der Waals surface area contributed by atoms with Crippen LogP contribution < -0.4 is 5.73 Å². The van der Waals surface area contributed by atoms with Crippen LogP contribution in [-0.2, 0) is 9.84 Å². The highest BCUT2D eigenvalue weighted by Gasteiger charge is 2.29. The Balaban J connectivity index is 2.38. The summed E-state index contributed by atoms with van der Waals surface area (Å²) in [6, 6.07) is 3.93. The maximum absolute atomic E-state index is 12.4.